The van der Waals surface area contributed by atoms with E-state index in [0.29, 0.717) is 5.41 Å². The molecular weight excluding hydrogens is 384 g/mol. The molecule has 0 aromatic heterocycles. The molecule has 0 aromatic rings. The van der Waals surface area contributed by atoms with Crippen molar-refractivity contribution in [1.82, 2.24) is 0 Å². The van der Waals surface area contributed by atoms with E-state index in [4.69, 9.17) is 0 Å². The van der Waals surface area contributed by atoms with E-state index < -0.39 is 0 Å². The lowest BCUT2D eigenvalue weighted by Gasteiger charge is -2.35. The smallest absolute Gasteiger partial charge is 0.0297 e. The maximum Gasteiger partial charge on any atom is -0.0297 e. The Kier molecular flexibility index (Phi) is 25.6. The SMILES string of the molecule is CCCCCCCCCCCCCCCCCCCC(CCCC)(CCCC)CCCC. The third-order valence-electron chi connectivity index (χ3n) is 7.99. The maximum absolute atomic E-state index is 2.38. The van der Waals surface area contributed by atoms with E-state index in [0.717, 1.165) is 0 Å². The van der Waals surface area contributed by atoms with Gasteiger partial charge in [-0.25, -0.2) is 0 Å². The van der Waals surface area contributed by atoms with Gasteiger partial charge in [0, 0.05) is 0 Å². The summed E-state index contributed by atoms with van der Waals surface area (Å²) in [6, 6.07) is 0. The highest BCUT2D eigenvalue weighted by Crippen LogP contribution is 2.41. The molecule has 0 amide bonds. The van der Waals surface area contributed by atoms with Crippen LogP contribution in [0.4, 0.5) is 0 Å². The lowest BCUT2D eigenvalue weighted by Crippen LogP contribution is -2.21. The van der Waals surface area contributed by atoms with Crippen LogP contribution in [0.15, 0.2) is 0 Å². The van der Waals surface area contributed by atoms with Crippen LogP contribution in [0.25, 0.3) is 0 Å². The minimum Gasteiger partial charge on any atom is -0.0654 e. The molecule has 0 aliphatic heterocycles. The van der Waals surface area contributed by atoms with E-state index in [-0.39, 0.29) is 0 Å². The van der Waals surface area contributed by atoms with Crippen LogP contribution in [0.1, 0.15) is 201 Å². The van der Waals surface area contributed by atoms with Crippen molar-refractivity contribution in [2.24, 2.45) is 5.41 Å². The van der Waals surface area contributed by atoms with Crippen LogP contribution >= 0.6 is 0 Å². The molecule has 0 nitrogen and oxygen atoms in total. The van der Waals surface area contributed by atoms with Crippen molar-refractivity contribution in [1.29, 1.82) is 0 Å². The molecule has 0 rings (SSSR count). The first kappa shape index (κ1) is 32.0. The maximum atomic E-state index is 2.38. The van der Waals surface area contributed by atoms with Crippen LogP contribution in [-0.4, -0.2) is 0 Å². The molecule has 194 valence electrons. The van der Waals surface area contributed by atoms with Gasteiger partial charge < -0.3 is 0 Å². The van der Waals surface area contributed by atoms with Gasteiger partial charge in [0.2, 0.25) is 0 Å². The van der Waals surface area contributed by atoms with Gasteiger partial charge in [-0.1, -0.05) is 175 Å². The number of unbranched alkanes of at least 4 members (excludes halogenated alkanes) is 19. The minimum atomic E-state index is 0.692. The molecule has 0 heteroatoms. The van der Waals surface area contributed by atoms with Gasteiger partial charge in [-0.05, 0) is 31.1 Å². The summed E-state index contributed by atoms with van der Waals surface area (Å²) in [6.45, 7) is 9.43. The van der Waals surface area contributed by atoms with Gasteiger partial charge in [0.1, 0.15) is 0 Å². The van der Waals surface area contributed by atoms with Crippen molar-refractivity contribution in [2.45, 2.75) is 201 Å². The van der Waals surface area contributed by atoms with Gasteiger partial charge in [0.25, 0.3) is 0 Å². The van der Waals surface area contributed by atoms with Crippen LogP contribution < -0.4 is 0 Å². The highest BCUT2D eigenvalue weighted by atomic mass is 14.3. The van der Waals surface area contributed by atoms with Crippen LogP contribution in [0.5, 0.6) is 0 Å². The van der Waals surface area contributed by atoms with E-state index in [1.165, 1.54) is 173 Å². The van der Waals surface area contributed by atoms with E-state index >= 15 is 0 Å². The number of rotatable bonds is 27. The lowest BCUT2D eigenvalue weighted by atomic mass is 9.71. The average molecular weight is 451 g/mol. The summed E-state index contributed by atoms with van der Waals surface area (Å²) in [4.78, 5) is 0. The normalized spacial score (nSPS) is 12.0. The molecule has 0 heterocycles. The second kappa shape index (κ2) is 25.6. The second-order valence-electron chi connectivity index (χ2n) is 11.2. The van der Waals surface area contributed by atoms with E-state index in [1.807, 2.05) is 0 Å². The number of hydrogen-bond donors (Lipinski definition) is 0. The van der Waals surface area contributed by atoms with Gasteiger partial charge >= 0.3 is 0 Å². The molecule has 0 atom stereocenters. The van der Waals surface area contributed by atoms with E-state index in [2.05, 4.69) is 27.7 Å². The molecule has 0 spiro atoms. The Hall–Kier alpha value is 0. The third kappa shape index (κ3) is 20.6. The summed E-state index contributed by atoms with van der Waals surface area (Å²) in [7, 11) is 0. The van der Waals surface area contributed by atoms with Crippen LogP contribution in [0.3, 0.4) is 0 Å². The molecule has 0 radical (unpaired) electrons. The summed E-state index contributed by atoms with van der Waals surface area (Å²) in [5.41, 5.74) is 0.692. The van der Waals surface area contributed by atoms with Crippen molar-refractivity contribution in [3.05, 3.63) is 0 Å². The topological polar surface area (TPSA) is 0 Å². The van der Waals surface area contributed by atoms with Crippen LogP contribution in [0, 0.1) is 5.41 Å². The molecule has 0 aromatic carbocycles. The third-order valence-corrected chi connectivity index (χ3v) is 7.99. The highest BCUT2D eigenvalue weighted by molar-refractivity contribution is 4.79. The Balaban J connectivity index is 3.67. The fraction of sp³-hybridized carbons (Fsp3) is 1.00. The van der Waals surface area contributed by atoms with E-state index in [9.17, 15) is 0 Å². The fourth-order valence-corrected chi connectivity index (χ4v) is 5.63. The first-order valence-electron chi connectivity index (χ1n) is 15.7. The molecule has 0 bridgehead atoms. The van der Waals surface area contributed by atoms with Crippen molar-refractivity contribution in [2.75, 3.05) is 0 Å². The molecule has 0 unspecified atom stereocenters. The Morgan fingerprint density at radius 2 is 0.469 bits per heavy atom. The lowest BCUT2D eigenvalue weighted by molar-refractivity contribution is 0.175. The summed E-state index contributed by atoms with van der Waals surface area (Å²) in [5.74, 6) is 0. The first-order valence-corrected chi connectivity index (χ1v) is 15.7. The Bertz CT molecular complexity index is 309. The van der Waals surface area contributed by atoms with Crippen molar-refractivity contribution in [3.8, 4) is 0 Å². The minimum absolute atomic E-state index is 0.692. The Morgan fingerprint density at radius 3 is 0.750 bits per heavy atom. The Labute approximate surface area is 206 Å². The molecule has 0 N–H and O–H groups in total. The first-order chi connectivity index (χ1) is 15.7. The molecule has 32 heavy (non-hydrogen) atoms. The van der Waals surface area contributed by atoms with Gasteiger partial charge in [-0.3, -0.25) is 0 Å². The zero-order valence-electron chi connectivity index (χ0n) is 23.6. The molecule has 0 saturated carbocycles. The molecule has 0 fully saturated rings. The van der Waals surface area contributed by atoms with Crippen LogP contribution in [0.2, 0.25) is 0 Å². The molecule has 0 aliphatic rings. The summed E-state index contributed by atoms with van der Waals surface area (Å²) in [6.07, 6.45) is 39.6. The summed E-state index contributed by atoms with van der Waals surface area (Å²) in [5, 5.41) is 0. The van der Waals surface area contributed by atoms with Crippen molar-refractivity contribution >= 4 is 0 Å². The van der Waals surface area contributed by atoms with Crippen LogP contribution in [-0.2, 0) is 0 Å². The monoisotopic (exact) mass is 451 g/mol. The summed E-state index contributed by atoms with van der Waals surface area (Å²) >= 11 is 0. The van der Waals surface area contributed by atoms with Gasteiger partial charge in [-0.15, -0.1) is 0 Å². The van der Waals surface area contributed by atoms with Crippen molar-refractivity contribution in [3.63, 3.8) is 0 Å². The quantitative estimate of drug-likeness (QED) is 0.109. The standard InChI is InChI=1S/C32H66/c1-5-9-13-14-15-16-17-18-19-20-21-22-23-24-25-26-27-31-32(28-10-6-2,29-11-7-3)30-12-8-4/h5-31H2,1-4H3. The predicted octanol–water partition coefficient (Wildman–Crippen LogP) is 12.6. The van der Waals surface area contributed by atoms with E-state index in [1.54, 1.807) is 0 Å². The van der Waals surface area contributed by atoms with Crippen molar-refractivity contribution < 1.29 is 0 Å². The number of hydrogen-bond acceptors (Lipinski definition) is 0. The van der Waals surface area contributed by atoms with Gasteiger partial charge in [-0.2, -0.15) is 0 Å². The zero-order chi connectivity index (χ0) is 23.6. The van der Waals surface area contributed by atoms with Gasteiger partial charge in [0.05, 0.1) is 0 Å². The predicted molar refractivity (Wildman–Crippen MR) is 150 cm³/mol. The highest BCUT2D eigenvalue weighted by Gasteiger charge is 2.27. The molecule has 0 aliphatic carbocycles. The van der Waals surface area contributed by atoms with Gasteiger partial charge in [0.15, 0.2) is 0 Å². The zero-order valence-corrected chi connectivity index (χ0v) is 23.6. The second-order valence-corrected chi connectivity index (χ2v) is 11.2. The molecular formula is C32H66. The fourth-order valence-electron chi connectivity index (χ4n) is 5.63. The Morgan fingerprint density at radius 1 is 0.250 bits per heavy atom. The largest absolute Gasteiger partial charge is 0.0654 e. The average Bonchev–Trinajstić information content (AvgIpc) is 2.81. The summed E-state index contributed by atoms with van der Waals surface area (Å²) < 4.78 is 0. The molecule has 0 saturated heterocycles.